The number of halogens is 1. The van der Waals surface area contributed by atoms with Crippen molar-refractivity contribution in [2.24, 2.45) is 0 Å². The number of ether oxygens (including phenoxy) is 1. The highest BCUT2D eigenvalue weighted by Crippen LogP contribution is 2.11. The smallest absolute Gasteiger partial charge is 0.251 e. The number of rotatable bonds is 7. The summed E-state index contributed by atoms with van der Waals surface area (Å²) in [6.07, 6.45) is 0.702. The summed E-state index contributed by atoms with van der Waals surface area (Å²) >= 11 is 5.79. The fourth-order valence-corrected chi connectivity index (χ4v) is 2.35. The molecule has 0 saturated carbocycles. The summed E-state index contributed by atoms with van der Waals surface area (Å²) < 4.78 is 5.11. The van der Waals surface area contributed by atoms with E-state index in [1.54, 1.807) is 38.3 Å². The van der Waals surface area contributed by atoms with Crippen molar-refractivity contribution in [1.82, 2.24) is 10.6 Å². The van der Waals surface area contributed by atoms with Crippen LogP contribution in [0.25, 0.3) is 0 Å². The lowest BCUT2D eigenvalue weighted by Crippen LogP contribution is -2.45. The standard InChI is InChI=1S/C19H21ClN2O3/c1-13(22-19(24)15-5-7-16(20)8-6-15)18(23)21-12-11-14-3-9-17(25-2)10-4-14/h3-10,13H,11-12H2,1-2H3,(H,21,23)(H,22,24). The minimum absolute atomic E-state index is 0.226. The zero-order valence-electron chi connectivity index (χ0n) is 14.2. The van der Waals surface area contributed by atoms with Crippen LogP contribution < -0.4 is 15.4 Å². The van der Waals surface area contributed by atoms with E-state index in [4.69, 9.17) is 16.3 Å². The third-order valence-electron chi connectivity index (χ3n) is 3.72. The highest BCUT2D eigenvalue weighted by Gasteiger charge is 2.16. The Hall–Kier alpha value is -2.53. The van der Waals surface area contributed by atoms with Crippen LogP contribution in [-0.2, 0) is 11.2 Å². The third-order valence-corrected chi connectivity index (χ3v) is 3.97. The van der Waals surface area contributed by atoms with Gasteiger partial charge in [-0.25, -0.2) is 0 Å². The van der Waals surface area contributed by atoms with Crippen LogP contribution in [-0.4, -0.2) is 31.5 Å². The first-order valence-electron chi connectivity index (χ1n) is 7.96. The fourth-order valence-electron chi connectivity index (χ4n) is 2.22. The van der Waals surface area contributed by atoms with Crippen molar-refractivity contribution < 1.29 is 14.3 Å². The maximum absolute atomic E-state index is 12.1. The van der Waals surface area contributed by atoms with Crippen molar-refractivity contribution in [3.8, 4) is 5.75 Å². The van der Waals surface area contributed by atoms with Crippen LogP contribution >= 0.6 is 11.6 Å². The average molecular weight is 361 g/mol. The van der Waals surface area contributed by atoms with Gasteiger partial charge in [0, 0.05) is 17.1 Å². The van der Waals surface area contributed by atoms with E-state index in [1.165, 1.54) is 0 Å². The molecule has 0 aliphatic rings. The molecule has 0 fully saturated rings. The highest BCUT2D eigenvalue weighted by atomic mass is 35.5. The topological polar surface area (TPSA) is 67.4 Å². The predicted octanol–water partition coefficient (Wildman–Crippen LogP) is 2.83. The minimum Gasteiger partial charge on any atom is -0.497 e. The second kappa shape index (κ2) is 9.08. The van der Waals surface area contributed by atoms with E-state index >= 15 is 0 Å². The fraction of sp³-hybridized carbons (Fsp3) is 0.263. The summed E-state index contributed by atoms with van der Waals surface area (Å²) in [5, 5.41) is 6.04. The van der Waals surface area contributed by atoms with Crippen LogP contribution in [0.1, 0.15) is 22.8 Å². The number of carbonyl (C=O) groups is 2. The molecule has 0 radical (unpaired) electrons. The lowest BCUT2D eigenvalue weighted by molar-refractivity contribution is -0.122. The first-order chi connectivity index (χ1) is 12.0. The summed E-state index contributed by atoms with van der Waals surface area (Å²) in [7, 11) is 1.62. The normalized spacial score (nSPS) is 11.5. The van der Waals surface area contributed by atoms with Gasteiger partial charge in [-0.15, -0.1) is 0 Å². The quantitative estimate of drug-likeness (QED) is 0.797. The van der Waals surface area contributed by atoms with Gasteiger partial charge in [0.15, 0.2) is 0 Å². The molecular formula is C19H21ClN2O3. The van der Waals surface area contributed by atoms with E-state index in [0.717, 1.165) is 11.3 Å². The van der Waals surface area contributed by atoms with Crippen LogP contribution in [0.3, 0.4) is 0 Å². The van der Waals surface area contributed by atoms with Crippen LogP contribution in [0, 0.1) is 0 Å². The van der Waals surface area contributed by atoms with E-state index < -0.39 is 6.04 Å². The molecule has 5 nitrogen and oxygen atoms in total. The van der Waals surface area contributed by atoms with E-state index in [1.807, 2.05) is 24.3 Å². The molecule has 1 unspecified atom stereocenters. The van der Waals surface area contributed by atoms with E-state index in [9.17, 15) is 9.59 Å². The Morgan fingerprint density at radius 3 is 2.32 bits per heavy atom. The molecule has 0 heterocycles. The molecule has 0 aliphatic heterocycles. The molecule has 2 amide bonds. The molecule has 132 valence electrons. The van der Waals surface area contributed by atoms with Crippen molar-refractivity contribution in [1.29, 1.82) is 0 Å². The molecule has 0 spiro atoms. The molecule has 1 atom stereocenters. The van der Waals surface area contributed by atoms with Crippen molar-refractivity contribution in [2.75, 3.05) is 13.7 Å². The minimum atomic E-state index is -0.626. The van der Waals surface area contributed by atoms with Crippen molar-refractivity contribution in [3.63, 3.8) is 0 Å². The van der Waals surface area contributed by atoms with Gasteiger partial charge in [-0.2, -0.15) is 0 Å². The summed E-state index contributed by atoms with van der Waals surface area (Å²) in [5.41, 5.74) is 1.56. The monoisotopic (exact) mass is 360 g/mol. The number of benzene rings is 2. The summed E-state index contributed by atoms with van der Waals surface area (Å²) in [6, 6.07) is 13.6. The maximum Gasteiger partial charge on any atom is 0.251 e. The second-order valence-corrected chi connectivity index (χ2v) is 6.03. The van der Waals surface area contributed by atoms with E-state index in [2.05, 4.69) is 10.6 Å². The molecule has 0 saturated heterocycles. The lowest BCUT2D eigenvalue weighted by Gasteiger charge is -2.14. The molecule has 25 heavy (non-hydrogen) atoms. The number of nitrogens with one attached hydrogen (secondary N) is 2. The SMILES string of the molecule is COc1ccc(CCNC(=O)C(C)NC(=O)c2ccc(Cl)cc2)cc1. The Morgan fingerprint density at radius 1 is 1.08 bits per heavy atom. The zero-order valence-corrected chi connectivity index (χ0v) is 15.0. The summed E-state index contributed by atoms with van der Waals surface area (Å²) in [5.74, 6) is 0.261. The van der Waals surface area contributed by atoms with Crippen LogP contribution in [0.5, 0.6) is 5.75 Å². The third kappa shape index (κ3) is 5.80. The highest BCUT2D eigenvalue weighted by molar-refractivity contribution is 6.30. The summed E-state index contributed by atoms with van der Waals surface area (Å²) in [4.78, 5) is 24.2. The lowest BCUT2D eigenvalue weighted by atomic mass is 10.1. The van der Waals surface area contributed by atoms with Gasteiger partial charge in [-0.1, -0.05) is 23.7 Å². The molecule has 2 aromatic rings. The van der Waals surface area contributed by atoms with Gasteiger partial charge in [0.1, 0.15) is 11.8 Å². The average Bonchev–Trinajstić information content (AvgIpc) is 2.62. The van der Waals surface area contributed by atoms with Gasteiger partial charge in [0.2, 0.25) is 5.91 Å². The maximum atomic E-state index is 12.1. The Labute approximate surface area is 152 Å². The number of carbonyl (C=O) groups excluding carboxylic acids is 2. The van der Waals surface area contributed by atoms with Crippen LogP contribution in [0.4, 0.5) is 0 Å². The molecular weight excluding hydrogens is 340 g/mol. The van der Waals surface area contributed by atoms with Gasteiger partial charge in [0.25, 0.3) is 5.91 Å². The van der Waals surface area contributed by atoms with Gasteiger partial charge in [-0.05, 0) is 55.3 Å². The molecule has 2 N–H and O–H groups in total. The van der Waals surface area contributed by atoms with Crippen molar-refractivity contribution in [3.05, 3.63) is 64.7 Å². The predicted molar refractivity (Wildman–Crippen MR) is 98.1 cm³/mol. The Balaban J connectivity index is 1.77. The largest absolute Gasteiger partial charge is 0.497 e. The number of hydrogen-bond donors (Lipinski definition) is 2. The first kappa shape index (κ1) is 18.8. The van der Waals surface area contributed by atoms with Gasteiger partial charge in [0.05, 0.1) is 7.11 Å². The van der Waals surface area contributed by atoms with Crippen molar-refractivity contribution in [2.45, 2.75) is 19.4 Å². The molecule has 2 rings (SSSR count). The summed E-state index contributed by atoms with van der Waals surface area (Å²) in [6.45, 7) is 2.14. The second-order valence-electron chi connectivity index (χ2n) is 5.59. The van der Waals surface area contributed by atoms with Gasteiger partial charge < -0.3 is 15.4 Å². The molecule has 0 bridgehead atoms. The van der Waals surface area contributed by atoms with E-state index in [-0.39, 0.29) is 11.8 Å². The molecule has 2 aromatic carbocycles. The van der Waals surface area contributed by atoms with Gasteiger partial charge >= 0.3 is 0 Å². The zero-order chi connectivity index (χ0) is 18.2. The Morgan fingerprint density at radius 2 is 1.72 bits per heavy atom. The van der Waals surface area contributed by atoms with Crippen LogP contribution in [0.2, 0.25) is 5.02 Å². The molecule has 0 aliphatic carbocycles. The number of hydrogen-bond acceptors (Lipinski definition) is 3. The number of methoxy groups -OCH3 is 1. The molecule has 6 heteroatoms. The van der Waals surface area contributed by atoms with Gasteiger partial charge in [-0.3, -0.25) is 9.59 Å². The number of amides is 2. The first-order valence-corrected chi connectivity index (χ1v) is 8.34. The Bertz CT molecular complexity index is 714. The molecule has 0 aromatic heterocycles. The van der Waals surface area contributed by atoms with Crippen LogP contribution in [0.15, 0.2) is 48.5 Å². The van der Waals surface area contributed by atoms with E-state index in [0.29, 0.717) is 23.6 Å². The van der Waals surface area contributed by atoms with Crippen molar-refractivity contribution >= 4 is 23.4 Å². The Kier molecular flexibility index (Phi) is 6.83.